The van der Waals surface area contributed by atoms with Crippen LogP contribution >= 0.6 is 0 Å². The first-order valence-electron chi connectivity index (χ1n) is 10.5. The molecule has 1 N–H and O–H groups in total. The molecule has 0 saturated heterocycles. The van der Waals surface area contributed by atoms with Gasteiger partial charge in [0.1, 0.15) is 0 Å². The molecule has 4 rings (SSSR count). The number of hydrogen-bond acceptors (Lipinski definition) is 2. The van der Waals surface area contributed by atoms with Crippen molar-refractivity contribution >= 4 is 23.2 Å². The monoisotopic (exact) mass is 420 g/mol. The normalized spacial score (nSPS) is 10.4. The molecule has 0 aliphatic rings. The number of carbonyl (C=O) groups excluding carboxylic acids is 2. The summed E-state index contributed by atoms with van der Waals surface area (Å²) < 4.78 is 0. The highest BCUT2D eigenvalue weighted by Crippen LogP contribution is 2.21. The summed E-state index contributed by atoms with van der Waals surface area (Å²) in [5, 5.41) is 2.90. The van der Waals surface area contributed by atoms with Gasteiger partial charge < -0.3 is 10.2 Å². The van der Waals surface area contributed by atoms with Gasteiger partial charge in [0, 0.05) is 16.9 Å². The summed E-state index contributed by atoms with van der Waals surface area (Å²) >= 11 is 0. The summed E-state index contributed by atoms with van der Waals surface area (Å²) in [5.74, 6) is -0.144. The molecule has 2 amide bonds. The van der Waals surface area contributed by atoms with Gasteiger partial charge in [0.15, 0.2) is 0 Å². The smallest absolute Gasteiger partial charge is 0.258 e. The average Bonchev–Trinajstić information content (AvgIpc) is 2.84. The number of carbonyl (C=O) groups is 2. The summed E-state index contributed by atoms with van der Waals surface area (Å²) in [7, 11) is 0. The molecule has 0 aliphatic carbocycles. The molecule has 158 valence electrons. The fraction of sp³-hybridized carbons (Fsp3) is 0.0714. The predicted octanol–water partition coefficient (Wildman–Crippen LogP) is 5.71. The van der Waals surface area contributed by atoms with Gasteiger partial charge in [-0.05, 0) is 47.5 Å². The first kappa shape index (κ1) is 21.1. The summed E-state index contributed by atoms with van der Waals surface area (Å²) in [6, 6.07) is 36.2. The topological polar surface area (TPSA) is 49.4 Å². The van der Waals surface area contributed by atoms with Crippen LogP contribution in [0.1, 0.15) is 21.5 Å². The molecule has 0 heterocycles. The van der Waals surface area contributed by atoms with Gasteiger partial charge in [-0.1, -0.05) is 78.9 Å². The largest absolute Gasteiger partial charge is 0.326 e. The van der Waals surface area contributed by atoms with E-state index in [9.17, 15) is 9.59 Å². The zero-order valence-corrected chi connectivity index (χ0v) is 17.6. The molecule has 0 unspecified atom stereocenters. The van der Waals surface area contributed by atoms with E-state index in [1.165, 1.54) is 0 Å². The molecule has 0 aromatic heterocycles. The number of amides is 2. The highest BCUT2D eigenvalue weighted by atomic mass is 16.2. The second-order valence-electron chi connectivity index (χ2n) is 7.50. The first-order chi connectivity index (χ1) is 15.7. The number of rotatable bonds is 7. The highest BCUT2D eigenvalue weighted by Gasteiger charge is 2.18. The Kier molecular flexibility index (Phi) is 6.73. The van der Waals surface area contributed by atoms with E-state index < -0.39 is 0 Å². The number of anilines is 2. The van der Waals surface area contributed by atoms with E-state index in [0.29, 0.717) is 12.1 Å². The third-order valence-electron chi connectivity index (χ3n) is 5.12. The van der Waals surface area contributed by atoms with E-state index in [2.05, 4.69) is 5.32 Å². The quantitative estimate of drug-likeness (QED) is 0.416. The molecule has 0 fully saturated rings. The van der Waals surface area contributed by atoms with Crippen molar-refractivity contribution in [1.82, 2.24) is 0 Å². The van der Waals surface area contributed by atoms with Gasteiger partial charge in [-0.25, -0.2) is 0 Å². The first-order valence-corrected chi connectivity index (χ1v) is 10.5. The second kappa shape index (κ2) is 10.2. The lowest BCUT2D eigenvalue weighted by atomic mass is 10.1. The Morgan fingerprint density at radius 1 is 0.625 bits per heavy atom. The number of hydrogen-bond donors (Lipinski definition) is 1. The van der Waals surface area contributed by atoms with Gasteiger partial charge in [-0.15, -0.1) is 0 Å². The minimum absolute atomic E-state index is 0.0657. The van der Waals surface area contributed by atoms with Gasteiger partial charge in [0.2, 0.25) is 5.91 Å². The lowest BCUT2D eigenvalue weighted by Crippen LogP contribution is -2.30. The van der Waals surface area contributed by atoms with Gasteiger partial charge in [-0.3, -0.25) is 9.59 Å². The van der Waals surface area contributed by atoms with E-state index in [-0.39, 0.29) is 18.2 Å². The van der Waals surface area contributed by atoms with Crippen molar-refractivity contribution in [1.29, 1.82) is 0 Å². The zero-order chi connectivity index (χ0) is 22.2. The molecule has 32 heavy (non-hydrogen) atoms. The van der Waals surface area contributed by atoms with E-state index in [0.717, 1.165) is 22.5 Å². The van der Waals surface area contributed by atoms with Gasteiger partial charge in [0.05, 0.1) is 13.0 Å². The summed E-state index contributed by atoms with van der Waals surface area (Å²) in [5.41, 5.74) is 4.12. The predicted molar refractivity (Wildman–Crippen MR) is 129 cm³/mol. The Labute approximate surface area is 188 Å². The lowest BCUT2D eigenvalue weighted by Gasteiger charge is -2.23. The molecule has 0 saturated carbocycles. The Morgan fingerprint density at radius 3 is 1.81 bits per heavy atom. The SMILES string of the molecule is O=C(Cc1ccc(N(Cc2ccccc2)C(=O)c2ccccc2)cc1)Nc1ccccc1. The molecule has 0 bridgehead atoms. The van der Waals surface area contributed by atoms with Crippen molar-refractivity contribution < 1.29 is 9.59 Å². The molecular formula is C28H24N2O2. The van der Waals surface area contributed by atoms with Crippen LogP contribution in [0.4, 0.5) is 11.4 Å². The molecule has 4 nitrogen and oxygen atoms in total. The maximum Gasteiger partial charge on any atom is 0.258 e. The van der Waals surface area contributed by atoms with Crippen molar-refractivity contribution in [2.45, 2.75) is 13.0 Å². The molecule has 0 atom stereocenters. The Bertz CT molecular complexity index is 1160. The Balaban J connectivity index is 1.52. The average molecular weight is 421 g/mol. The third kappa shape index (κ3) is 5.49. The Morgan fingerprint density at radius 2 is 1.19 bits per heavy atom. The summed E-state index contributed by atoms with van der Waals surface area (Å²) in [4.78, 5) is 27.4. The van der Waals surface area contributed by atoms with Crippen LogP contribution in [0.25, 0.3) is 0 Å². The number of nitrogens with one attached hydrogen (secondary N) is 1. The summed E-state index contributed by atoms with van der Waals surface area (Å²) in [6.07, 6.45) is 0.264. The number of para-hydroxylation sites is 1. The maximum absolute atomic E-state index is 13.3. The molecule has 0 aliphatic heterocycles. The van der Waals surface area contributed by atoms with Crippen molar-refractivity contribution in [2.75, 3.05) is 10.2 Å². The van der Waals surface area contributed by atoms with E-state index in [4.69, 9.17) is 0 Å². The van der Waals surface area contributed by atoms with Gasteiger partial charge >= 0.3 is 0 Å². The minimum atomic E-state index is -0.0783. The molecular weight excluding hydrogens is 396 g/mol. The molecule has 0 radical (unpaired) electrons. The number of nitrogens with zero attached hydrogens (tertiary/aromatic N) is 1. The minimum Gasteiger partial charge on any atom is -0.326 e. The van der Waals surface area contributed by atoms with E-state index in [1.54, 1.807) is 4.90 Å². The van der Waals surface area contributed by atoms with Crippen LogP contribution in [-0.4, -0.2) is 11.8 Å². The zero-order valence-electron chi connectivity index (χ0n) is 17.6. The van der Waals surface area contributed by atoms with Crippen LogP contribution in [-0.2, 0) is 17.8 Å². The van der Waals surface area contributed by atoms with Crippen LogP contribution in [0, 0.1) is 0 Å². The van der Waals surface area contributed by atoms with Crippen LogP contribution < -0.4 is 10.2 Å². The van der Waals surface area contributed by atoms with Gasteiger partial charge in [-0.2, -0.15) is 0 Å². The van der Waals surface area contributed by atoms with Crippen LogP contribution in [0.2, 0.25) is 0 Å². The van der Waals surface area contributed by atoms with Crippen molar-refractivity contribution in [3.05, 3.63) is 132 Å². The van der Waals surface area contributed by atoms with E-state index >= 15 is 0 Å². The second-order valence-corrected chi connectivity index (χ2v) is 7.50. The van der Waals surface area contributed by atoms with Crippen LogP contribution in [0.5, 0.6) is 0 Å². The molecule has 0 spiro atoms. The van der Waals surface area contributed by atoms with E-state index in [1.807, 2.05) is 115 Å². The van der Waals surface area contributed by atoms with Crippen LogP contribution in [0.3, 0.4) is 0 Å². The van der Waals surface area contributed by atoms with Crippen LogP contribution in [0.15, 0.2) is 115 Å². The lowest BCUT2D eigenvalue weighted by molar-refractivity contribution is -0.115. The molecule has 4 heteroatoms. The summed E-state index contributed by atoms with van der Waals surface area (Å²) in [6.45, 7) is 0.461. The fourth-order valence-corrected chi connectivity index (χ4v) is 3.49. The van der Waals surface area contributed by atoms with Crippen molar-refractivity contribution in [2.24, 2.45) is 0 Å². The fourth-order valence-electron chi connectivity index (χ4n) is 3.49. The van der Waals surface area contributed by atoms with Gasteiger partial charge in [0.25, 0.3) is 5.91 Å². The Hall–Kier alpha value is -4.18. The highest BCUT2D eigenvalue weighted by molar-refractivity contribution is 6.06. The number of benzene rings is 4. The van der Waals surface area contributed by atoms with Crippen molar-refractivity contribution in [3.63, 3.8) is 0 Å². The standard InChI is InChI=1S/C28H24N2O2/c31-27(29-25-14-8-3-9-15-25)20-22-16-18-26(19-17-22)30(21-23-10-4-1-5-11-23)28(32)24-12-6-2-7-13-24/h1-19H,20-21H2,(H,29,31). The third-order valence-corrected chi connectivity index (χ3v) is 5.12. The maximum atomic E-state index is 13.3. The molecule has 4 aromatic carbocycles. The molecule has 4 aromatic rings. The van der Waals surface area contributed by atoms with Crippen molar-refractivity contribution in [3.8, 4) is 0 Å².